The molecule has 0 saturated carbocycles. The molecule has 2 rings (SSSR count). The van der Waals surface area contributed by atoms with Crippen LogP contribution in [0.1, 0.15) is 19.4 Å². The van der Waals surface area contributed by atoms with Gasteiger partial charge in [-0.25, -0.2) is 13.8 Å². The summed E-state index contributed by atoms with van der Waals surface area (Å²) in [7, 11) is -3.81. The van der Waals surface area contributed by atoms with Crippen molar-refractivity contribution in [1.29, 1.82) is 0 Å². The molecule has 0 heterocycles. The lowest BCUT2D eigenvalue weighted by molar-refractivity contribution is -0.123. The molecule has 0 radical (unpaired) electrons. The van der Waals surface area contributed by atoms with Crippen LogP contribution < -0.4 is 10.1 Å². The summed E-state index contributed by atoms with van der Waals surface area (Å²) in [6, 6.07) is 13.8. The molecule has 1 unspecified atom stereocenters. The van der Waals surface area contributed by atoms with Gasteiger partial charge in [0.2, 0.25) is 10.0 Å². The molecule has 0 saturated heterocycles. The third-order valence-corrected chi connectivity index (χ3v) is 5.25. The molecule has 0 aliphatic rings. The van der Waals surface area contributed by atoms with Crippen molar-refractivity contribution in [3.63, 3.8) is 0 Å². The van der Waals surface area contributed by atoms with Gasteiger partial charge in [-0.05, 0) is 35.7 Å². The fourth-order valence-electron chi connectivity index (χ4n) is 2.12. The molecule has 26 heavy (non-hydrogen) atoms. The van der Waals surface area contributed by atoms with E-state index in [1.54, 1.807) is 56.3 Å². The Bertz CT molecular complexity index is 866. The smallest absolute Gasteiger partial charge is 0.258 e. The highest BCUT2D eigenvalue weighted by Crippen LogP contribution is 2.12. The summed E-state index contributed by atoms with van der Waals surface area (Å²) >= 11 is 5.81. The maximum Gasteiger partial charge on any atom is 0.258 e. The van der Waals surface area contributed by atoms with Gasteiger partial charge in [0.25, 0.3) is 5.91 Å². The largest absolute Gasteiger partial charge is 0.271 e. The molecular formula is C18H20ClN3O3S. The van der Waals surface area contributed by atoms with Crippen molar-refractivity contribution >= 4 is 33.7 Å². The Balaban J connectivity index is 2.06. The van der Waals surface area contributed by atoms with E-state index in [2.05, 4.69) is 15.2 Å². The van der Waals surface area contributed by atoms with Gasteiger partial charge in [0.1, 0.15) is 6.04 Å². The van der Waals surface area contributed by atoms with Crippen LogP contribution in [0.15, 0.2) is 64.6 Å². The van der Waals surface area contributed by atoms with Crippen molar-refractivity contribution < 1.29 is 13.2 Å². The number of carbonyl (C=O) groups excluding carboxylic acids is 1. The van der Waals surface area contributed by atoms with Crippen molar-refractivity contribution in [2.24, 2.45) is 11.0 Å². The van der Waals surface area contributed by atoms with E-state index in [1.807, 2.05) is 0 Å². The van der Waals surface area contributed by atoms with Crippen molar-refractivity contribution in [2.75, 3.05) is 0 Å². The van der Waals surface area contributed by atoms with Gasteiger partial charge >= 0.3 is 0 Å². The van der Waals surface area contributed by atoms with E-state index < -0.39 is 22.0 Å². The summed E-state index contributed by atoms with van der Waals surface area (Å²) in [6.07, 6.45) is 1.46. The van der Waals surface area contributed by atoms with Crippen LogP contribution in [0.2, 0.25) is 5.02 Å². The first-order valence-electron chi connectivity index (χ1n) is 7.95. The second-order valence-electron chi connectivity index (χ2n) is 5.94. The van der Waals surface area contributed by atoms with Gasteiger partial charge in [0.15, 0.2) is 0 Å². The van der Waals surface area contributed by atoms with Crippen LogP contribution in [-0.2, 0) is 14.8 Å². The summed E-state index contributed by atoms with van der Waals surface area (Å²) in [5.74, 6) is -0.802. The van der Waals surface area contributed by atoms with E-state index in [4.69, 9.17) is 11.6 Å². The minimum atomic E-state index is -3.81. The first kappa shape index (κ1) is 20.1. The summed E-state index contributed by atoms with van der Waals surface area (Å²) < 4.78 is 27.3. The zero-order valence-electron chi connectivity index (χ0n) is 14.4. The lowest BCUT2D eigenvalue weighted by Gasteiger charge is -2.20. The standard InChI is InChI=1S/C18H20ClN3O3S/c1-13(2)17(22-26(24,25)16-6-4-3-5-7-16)18(23)21-20-12-14-8-10-15(19)11-9-14/h3-13,17,22H,1-2H3,(H,21,23). The first-order chi connectivity index (χ1) is 12.3. The number of benzene rings is 2. The highest BCUT2D eigenvalue weighted by molar-refractivity contribution is 7.89. The van der Waals surface area contributed by atoms with Crippen LogP contribution in [0.4, 0.5) is 0 Å². The monoisotopic (exact) mass is 393 g/mol. The molecule has 1 amide bonds. The number of nitrogens with one attached hydrogen (secondary N) is 2. The van der Waals surface area contributed by atoms with Crippen LogP contribution >= 0.6 is 11.6 Å². The van der Waals surface area contributed by atoms with Crippen molar-refractivity contribution in [1.82, 2.24) is 10.1 Å². The molecule has 0 aromatic heterocycles. The highest BCUT2D eigenvalue weighted by Gasteiger charge is 2.28. The van der Waals surface area contributed by atoms with Crippen LogP contribution in [-0.4, -0.2) is 26.6 Å². The summed E-state index contributed by atoms with van der Waals surface area (Å²) in [5.41, 5.74) is 3.12. The zero-order valence-corrected chi connectivity index (χ0v) is 16.0. The summed E-state index contributed by atoms with van der Waals surface area (Å²) in [5, 5.41) is 4.47. The summed E-state index contributed by atoms with van der Waals surface area (Å²) in [4.78, 5) is 12.5. The topological polar surface area (TPSA) is 87.6 Å². The van der Waals surface area contributed by atoms with Crippen molar-refractivity contribution in [2.45, 2.75) is 24.8 Å². The average Bonchev–Trinajstić information content (AvgIpc) is 2.62. The predicted octanol–water partition coefficient (Wildman–Crippen LogP) is 2.79. The second kappa shape index (κ2) is 8.93. The van der Waals surface area contributed by atoms with Gasteiger partial charge in [0, 0.05) is 5.02 Å². The first-order valence-corrected chi connectivity index (χ1v) is 9.81. The number of halogens is 1. The van der Waals surface area contributed by atoms with Crippen LogP contribution in [0.3, 0.4) is 0 Å². The van der Waals surface area contributed by atoms with Gasteiger partial charge < -0.3 is 0 Å². The van der Waals surface area contributed by atoms with Crippen molar-refractivity contribution in [3.8, 4) is 0 Å². The van der Waals surface area contributed by atoms with Gasteiger partial charge in [-0.1, -0.05) is 55.8 Å². The zero-order chi connectivity index (χ0) is 19.2. The highest BCUT2D eigenvalue weighted by atomic mass is 35.5. The molecule has 0 aliphatic carbocycles. The maximum atomic E-state index is 12.4. The Morgan fingerprint density at radius 3 is 2.27 bits per heavy atom. The van der Waals surface area contributed by atoms with Gasteiger partial charge in [-0.2, -0.15) is 9.82 Å². The average molecular weight is 394 g/mol. The Kier molecular flexibility index (Phi) is 6.90. The van der Waals surface area contributed by atoms with Crippen LogP contribution in [0, 0.1) is 5.92 Å². The summed E-state index contributed by atoms with van der Waals surface area (Å²) in [6.45, 7) is 3.50. The molecule has 0 spiro atoms. The molecule has 8 heteroatoms. The van der Waals surface area contributed by atoms with E-state index in [-0.39, 0.29) is 10.8 Å². The maximum absolute atomic E-state index is 12.4. The molecule has 0 bridgehead atoms. The molecule has 2 aromatic rings. The van der Waals surface area contributed by atoms with E-state index in [0.29, 0.717) is 5.02 Å². The molecular weight excluding hydrogens is 374 g/mol. The van der Waals surface area contributed by atoms with E-state index in [0.717, 1.165) is 5.56 Å². The number of hydrazone groups is 1. The SMILES string of the molecule is CC(C)C(NS(=O)(=O)c1ccccc1)C(=O)NN=Cc1ccc(Cl)cc1. The fourth-order valence-corrected chi connectivity index (χ4v) is 3.61. The molecule has 2 N–H and O–H groups in total. The Morgan fingerprint density at radius 2 is 1.69 bits per heavy atom. The van der Waals surface area contributed by atoms with E-state index in [1.165, 1.54) is 18.3 Å². The third-order valence-electron chi connectivity index (χ3n) is 3.54. The number of hydrogen-bond acceptors (Lipinski definition) is 4. The van der Waals surface area contributed by atoms with Gasteiger partial charge in [-0.15, -0.1) is 0 Å². The minimum Gasteiger partial charge on any atom is -0.271 e. The number of hydrogen-bond donors (Lipinski definition) is 2. The van der Waals surface area contributed by atoms with Crippen LogP contribution in [0.5, 0.6) is 0 Å². The molecule has 138 valence electrons. The Hall–Kier alpha value is -2.22. The fraction of sp³-hybridized carbons (Fsp3) is 0.222. The molecule has 0 fully saturated rings. The molecule has 2 aromatic carbocycles. The predicted molar refractivity (Wildman–Crippen MR) is 103 cm³/mol. The second-order valence-corrected chi connectivity index (χ2v) is 8.09. The number of rotatable bonds is 7. The third kappa shape index (κ3) is 5.66. The van der Waals surface area contributed by atoms with E-state index >= 15 is 0 Å². The molecule has 0 aliphatic heterocycles. The van der Waals surface area contributed by atoms with Gasteiger partial charge in [-0.3, -0.25) is 4.79 Å². The number of nitrogens with zero attached hydrogens (tertiary/aromatic N) is 1. The van der Waals surface area contributed by atoms with Crippen LogP contribution in [0.25, 0.3) is 0 Å². The Labute approximate surface area is 158 Å². The van der Waals surface area contributed by atoms with Gasteiger partial charge in [0.05, 0.1) is 11.1 Å². The minimum absolute atomic E-state index is 0.100. The number of sulfonamides is 1. The van der Waals surface area contributed by atoms with E-state index in [9.17, 15) is 13.2 Å². The number of carbonyl (C=O) groups is 1. The molecule has 1 atom stereocenters. The normalized spacial score (nSPS) is 13.1. The quantitative estimate of drug-likeness (QED) is 0.560. The van der Waals surface area contributed by atoms with Crippen molar-refractivity contribution in [3.05, 3.63) is 65.2 Å². The lowest BCUT2D eigenvalue weighted by Crippen LogP contribution is -2.48. The Morgan fingerprint density at radius 1 is 1.08 bits per heavy atom. The molecule has 6 nitrogen and oxygen atoms in total. The lowest BCUT2D eigenvalue weighted by atomic mass is 10.1. The number of amides is 1.